The normalized spacial score (nSPS) is 11.0. The lowest BCUT2D eigenvalue weighted by Gasteiger charge is -2.11. The number of halogens is 1. The highest BCUT2D eigenvalue weighted by Gasteiger charge is 2.23. The van der Waals surface area contributed by atoms with E-state index >= 15 is 0 Å². The predicted octanol–water partition coefficient (Wildman–Crippen LogP) is 2.42. The van der Waals surface area contributed by atoms with Crippen molar-refractivity contribution in [3.05, 3.63) is 70.5 Å². The number of ether oxygens (including phenoxy) is 1. The average molecular weight is 407 g/mol. The van der Waals surface area contributed by atoms with Gasteiger partial charge in [0.15, 0.2) is 17.2 Å². The lowest BCUT2D eigenvalue weighted by atomic mass is 10.1. The largest absolute Gasteiger partial charge is 0.493 e. The lowest BCUT2D eigenvalue weighted by Crippen LogP contribution is -2.21. The van der Waals surface area contributed by atoms with Gasteiger partial charge in [-0.2, -0.15) is 0 Å². The van der Waals surface area contributed by atoms with Crippen LogP contribution in [0.5, 0.6) is 5.75 Å². The number of fused-ring (bicyclic) bond motifs is 1. The van der Waals surface area contributed by atoms with E-state index in [4.69, 9.17) is 10.5 Å². The Morgan fingerprint density at radius 2 is 1.83 bits per heavy atom. The predicted molar refractivity (Wildman–Crippen MR) is 109 cm³/mol. The van der Waals surface area contributed by atoms with Crippen LogP contribution >= 0.6 is 0 Å². The molecule has 0 bridgehead atoms. The van der Waals surface area contributed by atoms with Crippen LogP contribution in [0.3, 0.4) is 0 Å². The number of hydrogen-bond donors (Lipinski definition) is 1. The first-order valence-electron chi connectivity index (χ1n) is 9.19. The molecular weight excluding hydrogens is 389 g/mol. The van der Waals surface area contributed by atoms with Gasteiger partial charge in [0, 0.05) is 7.05 Å². The minimum absolute atomic E-state index is 0.0956. The first kappa shape index (κ1) is 19.3. The molecule has 2 N–H and O–H groups in total. The molecule has 0 aliphatic carbocycles. The van der Waals surface area contributed by atoms with Gasteiger partial charge >= 0.3 is 5.69 Å². The molecule has 9 heteroatoms. The summed E-state index contributed by atoms with van der Waals surface area (Å²) >= 11 is 0. The Kier molecular flexibility index (Phi) is 4.78. The molecule has 30 heavy (non-hydrogen) atoms. The fraction of sp³-hybridized carbons (Fsp3) is 0.143. The van der Waals surface area contributed by atoms with Gasteiger partial charge in [0.25, 0.3) is 5.91 Å². The van der Waals surface area contributed by atoms with Crippen molar-refractivity contribution in [3.63, 3.8) is 0 Å². The van der Waals surface area contributed by atoms with Crippen LogP contribution in [0.4, 0.5) is 4.39 Å². The molecule has 152 valence electrons. The van der Waals surface area contributed by atoms with E-state index in [9.17, 15) is 14.0 Å². The zero-order chi connectivity index (χ0) is 21.4. The topological polar surface area (TPSA) is 105 Å². The van der Waals surface area contributed by atoms with E-state index in [1.165, 1.54) is 40.4 Å². The van der Waals surface area contributed by atoms with Gasteiger partial charge in [-0.1, -0.05) is 12.1 Å². The molecule has 0 saturated heterocycles. The maximum atomic E-state index is 13.4. The lowest BCUT2D eigenvalue weighted by molar-refractivity contribution is 0.0997. The number of nitrogens with zero attached hydrogens (tertiary/aromatic N) is 4. The molecule has 2 aromatic heterocycles. The monoisotopic (exact) mass is 407 g/mol. The SMILES string of the molecule is CCOc1ccccc1-c1nc(C(N)=O)c2c(n1)n(-c1ccc(F)cc1)c(=O)n2C. The third-order valence-corrected chi connectivity index (χ3v) is 4.64. The van der Waals surface area contributed by atoms with Gasteiger partial charge in [-0.3, -0.25) is 9.36 Å². The zero-order valence-electron chi connectivity index (χ0n) is 16.3. The molecule has 1 amide bonds. The summed E-state index contributed by atoms with van der Waals surface area (Å²) in [6.07, 6.45) is 0. The number of rotatable bonds is 5. The number of hydrogen-bond acceptors (Lipinski definition) is 5. The van der Waals surface area contributed by atoms with E-state index in [0.717, 1.165) is 0 Å². The van der Waals surface area contributed by atoms with Gasteiger partial charge in [-0.15, -0.1) is 0 Å². The Labute approximate surface area is 170 Å². The molecule has 4 rings (SSSR count). The number of carbonyl (C=O) groups excluding carboxylic acids is 1. The van der Waals surface area contributed by atoms with Gasteiger partial charge < -0.3 is 10.5 Å². The van der Waals surface area contributed by atoms with Crippen molar-refractivity contribution < 1.29 is 13.9 Å². The van der Waals surface area contributed by atoms with Crippen LogP contribution in [-0.2, 0) is 7.05 Å². The molecule has 0 atom stereocenters. The van der Waals surface area contributed by atoms with Crippen molar-refractivity contribution in [3.8, 4) is 22.8 Å². The zero-order valence-corrected chi connectivity index (χ0v) is 16.3. The van der Waals surface area contributed by atoms with Crippen LogP contribution in [0, 0.1) is 5.82 Å². The highest BCUT2D eigenvalue weighted by atomic mass is 19.1. The second kappa shape index (κ2) is 7.43. The summed E-state index contributed by atoms with van der Waals surface area (Å²) in [6.45, 7) is 2.27. The summed E-state index contributed by atoms with van der Waals surface area (Å²) in [4.78, 5) is 34.0. The molecule has 2 aromatic carbocycles. The fourth-order valence-corrected chi connectivity index (χ4v) is 3.29. The Morgan fingerprint density at radius 1 is 1.13 bits per heavy atom. The average Bonchev–Trinajstić information content (AvgIpc) is 2.99. The third kappa shape index (κ3) is 3.10. The number of para-hydroxylation sites is 1. The number of nitrogens with two attached hydrogens (primary N) is 1. The number of benzene rings is 2. The van der Waals surface area contributed by atoms with Gasteiger partial charge in [-0.05, 0) is 43.3 Å². The summed E-state index contributed by atoms with van der Waals surface area (Å²) in [5, 5.41) is 0. The highest BCUT2D eigenvalue weighted by molar-refractivity contribution is 6.02. The quantitative estimate of drug-likeness (QED) is 0.547. The van der Waals surface area contributed by atoms with E-state index in [2.05, 4.69) is 9.97 Å². The van der Waals surface area contributed by atoms with E-state index in [1.807, 2.05) is 6.92 Å². The van der Waals surface area contributed by atoms with Crippen LogP contribution in [0.2, 0.25) is 0 Å². The molecule has 0 aliphatic rings. The smallest absolute Gasteiger partial charge is 0.334 e. The molecule has 0 spiro atoms. The Morgan fingerprint density at radius 3 is 2.50 bits per heavy atom. The van der Waals surface area contributed by atoms with Crippen molar-refractivity contribution in [2.24, 2.45) is 12.8 Å². The Balaban J connectivity index is 2.09. The number of aryl methyl sites for hydroxylation is 1. The first-order valence-corrected chi connectivity index (χ1v) is 9.19. The summed E-state index contributed by atoms with van der Waals surface area (Å²) in [5.41, 5.74) is 6.32. The summed E-state index contributed by atoms with van der Waals surface area (Å²) in [5.74, 6) is -0.529. The van der Waals surface area contributed by atoms with Gasteiger partial charge in [0.2, 0.25) is 0 Å². The van der Waals surface area contributed by atoms with Crippen molar-refractivity contribution in [1.82, 2.24) is 19.1 Å². The highest BCUT2D eigenvalue weighted by Crippen LogP contribution is 2.29. The van der Waals surface area contributed by atoms with Crippen LogP contribution in [0.25, 0.3) is 28.2 Å². The van der Waals surface area contributed by atoms with Gasteiger partial charge in [-0.25, -0.2) is 23.7 Å². The molecule has 8 nitrogen and oxygen atoms in total. The number of carbonyl (C=O) groups is 1. The summed E-state index contributed by atoms with van der Waals surface area (Å²) in [7, 11) is 1.49. The van der Waals surface area contributed by atoms with Crippen molar-refractivity contribution in [1.29, 1.82) is 0 Å². The molecule has 0 fully saturated rings. The van der Waals surface area contributed by atoms with Crippen LogP contribution in [-0.4, -0.2) is 31.6 Å². The molecule has 4 aromatic rings. The van der Waals surface area contributed by atoms with Crippen molar-refractivity contribution in [2.75, 3.05) is 6.61 Å². The molecule has 2 heterocycles. The van der Waals surface area contributed by atoms with Gasteiger partial charge in [0.05, 0.1) is 17.9 Å². The summed E-state index contributed by atoms with van der Waals surface area (Å²) in [6, 6.07) is 12.5. The number of amides is 1. The van der Waals surface area contributed by atoms with Gasteiger partial charge in [0.1, 0.15) is 17.1 Å². The molecule has 0 radical (unpaired) electrons. The first-order chi connectivity index (χ1) is 14.4. The van der Waals surface area contributed by atoms with Crippen LogP contribution in [0.15, 0.2) is 53.3 Å². The van der Waals surface area contributed by atoms with E-state index in [1.54, 1.807) is 24.3 Å². The van der Waals surface area contributed by atoms with Crippen molar-refractivity contribution in [2.45, 2.75) is 6.92 Å². The van der Waals surface area contributed by atoms with E-state index in [0.29, 0.717) is 23.6 Å². The standard InChI is InChI=1S/C21H18FN5O3/c1-3-30-15-7-5-4-6-14(15)19-24-16(18(23)28)17-20(25-19)27(21(29)26(17)2)13-10-8-12(22)9-11-13/h4-11H,3H2,1-2H3,(H2,23,28). The van der Waals surface area contributed by atoms with Crippen LogP contribution < -0.4 is 16.2 Å². The third-order valence-electron chi connectivity index (χ3n) is 4.64. The fourth-order valence-electron chi connectivity index (χ4n) is 3.29. The number of aromatic nitrogens is 4. The maximum absolute atomic E-state index is 13.4. The summed E-state index contributed by atoms with van der Waals surface area (Å²) < 4.78 is 21.6. The Bertz CT molecular complexity index is 1330. The second-order valence-corrected chi connectivity index (χ2v) is 6.51. The number of primary amides is 1. The maximum Gasteiger partial charge on any atom is 0.334 e. The second-order valence-electron chi connectivity index (χ2n) is 6.51. The Hall–Kier alpha value is -4.01. The van der Waals surface area contributed by atoms with E-state index in [-0.39, 0.29) is 22.7 Å². The number of imidazole rings is 1. The molecule has 0 saturated carbocycles. The molecule has 0 unspecified atom stereocenters. The van der Waals surface area contributed by atoms with Crippen molar-refractivity contribution >= 4 is 17.1 Å². The molecular formula is C21H18FN5O3. The minimum Gasteiger partial charge on any atom is -0.493 e. The minimum atomic E-state index is -0.801. The molecule has 0 aliphatic heterocycles. The van der Waals surface area contributed by atoms with E-state index < -0.39 is 17.4 Å². The van der Waals surface area contributed by atoms with Crippen LogP contribution in [0.1, 0.15) is 17.4 Å².